The third kappa shape index (κ3) is 2.47. The second-order valence-electron chi connectivity index (χ2n) is 5.56. The molecule has 19 heavy (non-hydrogen) atoms. The van der Waals surface area contributed by atoms with E-state index < -0.39 is 0 Å². The summed E-state index contributed by atoms with van der Waals surface area (Å²) >= 11 is 0. The maximum absolute atomic E-state index is 14.2. The maximum atomic E-state index is 14.2. The van der Waals surface area contributed by atoms with Crippen LogP contribution in [0.1, 0.15) is 18.4 Å². The molecule has 3 rings (SSSR count). The molecule has 104 valence electrons. The summed E-state index contributed by atoms with van der Waals surface area (Å²) in [6, 6.07) is 5.97. The summed E-state index contributed by atoms with van der Waals surface area (Å²) in [5.41, 5.74) is 7.49. The molecule has 4 heteroatoms. The van der Waals surface area contributed by atoms with E-state index in [-0.39, 0.29) is 5.82 Å². The van der Waals surface area contributed by atoms with Gasteiger partial charge in [-0.05, 0) is 44.0 Å². The van der Waals surface area contributed by atoms with E-state index in [9.17, 15) is 4.39 Å². The Hall–Kier alpha value is -1.13. The summed E-state index contributed by atoms with van der Waals surface area (Å²) < 4.78 is 14.2. The Morgan fingerprint density at radius 2 is 2.16 bits per heavy atom. The van der Waals surface area contributed by atoms with Crippen LogP contribution in [0.5, 0.6) is 0 Å². The zero-order chi connectivity index (χ0) is 13.2. The lowest BCUT2D eigenvalue weighted by Crippen LogP contribution is -2.50. The molecular weight excluding hydrogens is 241 g/mol. The zero-order valence-corrected chi connectivity index (χ0v) is 11.3. The Bertz CT molecular complexity index is 449. The molecule has 2 aliphatic rings. The lowest BCUT2D eigenvalue weighted by Gasteiger charge is -2.39. The Balaban J connectivity index is 1.85. The van der Waals surface area contributed by atoms with Gasteiger partial charge in [0, 0.05) is 25.7 Å². The Labute approximate surface area is 114 Å². The number of nitrogens with two attached hydrogens (primary N) is 1. The molecule has 2 aliphatic heterocycles. The van der Waals surface area contributed by atoms with Crippen molar-refractivity contribution in [2.75, 3.05) is 37.6 Å². The quantitative estimate of drug-likeness (QED) is 0.899. The summed E-state index contributed by atoms with van der Waals surface area (Å²) in [5, 5.41) is 0. The largest absolute Gasteiger partial charge is 0.366 e. The Morgan fingerprint density at radius 1 is 1.26 bits per heavy atom. The number of halogens is 1. The fourth-order valence-corrected chi connectivity index (χ4v) is 3.47. The molecule has 2 heterocycles. The van der Waals surface area contributed by atoms with Gasteiger partial charge in [-0.25, -0.2) is 4.39 Å². The Morgan fingerprint density at radius 3 is 3.00 bits per heavy atom. The first kappa shape index (κ1) is 12.9. The van der Waals surface area contributed by atoms with Gasteiger partial charge in [0.05, 0.1) is 5.69 Å². The van der Waals surface area contributed by atoms with Crippen molar-refractivity contribution >= 4 is 5.69 Å². The van der Waals surface area contributed by atoms with Crippen molar-refractivity contribution in [3.05, 3.63) is 29.6 Å². The highest BCUT2D eigenvalue weighted by atomic mass is 19.1. The van der Waals surface area contributed by atoms with Crippen LogP contribution in [0.4, 0.5) is 10.1 Å². The van der Waals surface area contributed by atoms with Crippen LogP contribution in [0, 0.1) is 5.82 Å². The van der Waals surface area contributed by atoms with Gasteiger partial charge in [-0.15, -0.1) is 0 Å². The standard InChI is InChI=1S/C15H22FN3/c16-14-5-1-3-12(6-7-17)15(14)19-10-9-18-8-2-4-13(18)11-19/h1,3,5,13H,2,4,6-11,17H2. The van der Waals surface area contributed by atoms with Crippen molar-refractivity contribution in [2.24, 2.45) is 5.73 Å². The Kier molecular flexibility index (Phi) is 3.71. The van der Waals surface area contributed by atoms with E-state index in [0.717, 1.165) is 37.3 Å². The maximum Gasteiger partial charge on any atom is 0.146 e. The first-order chi connectivity index (χ1) is 9.29. The van der Waals surface area contributed by atoms with Gasteiger partial charge in [0.25, 0.3) is 0 Å². The van der Waals surface area contributed by atoms with Gasteiger partial charge in [0.1, 0.15) is 5.82 Å². The molecule has 3 nitrogen and oxygen atoms in total. The van der Waals surface area contributed by atoms with Crippen LogP contribution in [0.15, 0.2) is 18.2 Å². The molecule has 1 aromatic carbocycles. The molecule has 0 bridgehead atoms. The van der Waals surface area contributed by atoms with Crippen molar-refractivity contribution in [1.82, 2.24) is 4.90 Å². The molecule has 0 saturated carbocycles. The van der Waals surface area contributed by atoms with Crippen molar-refractivity contribution < 1.29 is 4.39 Å². The van der Waals surface area contributed by atoms with E-state index in [1.165, 1.54) is 19.4 Å². The zero-order valence-electron chi connectivity index (χ0n) is 11.3. The molecule has 0 aliphatic carbocycles. The minimum atomic E-state index is -0.0996. The van der Waals surface area contributed by atoms with Crippen LogP contribution in [-0.4, -0.2) is 43.7 Å². The topological polar surface area (TPSA) is 32.5 Å². The summed E-state index contributed by atoms with van der Waals surface area (Å²) in [5.74, 6) is -0.0996. The van der Waals surface area contributed by atoms with E-state index in [1.807, 2.05) is 6.07 Å². The molecule has 1 aromatic rings. The highest BCUT2D eigenvalue weighted by molar-refractivity contribution is 5.55. The molecular formula is C15H22FN3. The summed E-state index contributed by atoms with van der Waals surface area (Å²) in [4.78, 5) is 4.77. The van der Waals surface area contributed by atoms with Crippen molar-refractivity contribution in [3.8, 4) is 0 Å². The fraction of sp³-hybridized carbons (Fsp3) is 0.600. The van der Waals surface area contributed by atoms with Crippen LogP contribution in [0.2, 0.25) is 0 Å². The average molecular weight is 263 g/mol. The van der Waals surface area contributed by atoms with Crippen LogP contribution in [-0.2, 0) is 6.42 Å². The monoisotopic (exact) mass is 263 g/mol. The lowest BCUT2D eigenvalue weighted by molar-refractivity contribution is 0.230. The van der Waals surface area contributed by atoms with Gasteiger partial charge >= 0.3 is 0 Å². The van der Waals surface area contributed by atoms with Crippen molar-refractivity contribution in [2.45, 2.75) is 25.3 Å². The van der Waals surface area contributed by atoms with Crippen molar-refractivity contribution in [1.29, 1.82) is 0 Å². The summed E-state index contributed by atoms with van der Waals surface area (Å²) in [6.07, 6.45) is 3.28. The SMILES string of the molecule is NCCc1cccc(F)c1N1CCN2CCCC2C1. The van der Waals surface area contributed by atoms with Gasteiger partial charge in [-0.2, -0.15) is 0 Å². The first-order valence-corrected chi connectivity index (χ1v) is 7.26. The van der Waals surface area contributed by atoms with Gasteiger partial charge in [0.15, 0.2) is 0 Å². The highest BCUT2D eigenvalue weighted by Gasteiger charge is 2.32. The third-order valence-electron chi connectivity index (χ3n) is 4.39. The number of hydrogen-bond donors (Lipinski definition) is 1. The van der Waals surface area contributed by atoms with Gasteiger partial charge in [-0.3, -0.25) is 4.90 Å². The molecule has 1 unspecified atom stereocenters. The third-order valence-corrected chi connectivity index (χ3v) is 4.39. The molecule has 2 saturated heterocycles. The van der Waals surface area contributed by atoms with Crippen molar-refractivity contribution in [3.63, 3.8) is 0 Å². The number of nitrogens with zero attached hydrogens (tertiary/aromatic N) is 2. The smallest absolute Gasteiger partial charge is 0.146 e. The minimum absolute atomic E-state index is 0.0996. The number of para-hydroxylation sites is 1. The molecule has 2 N–H and O–H groups in total. The number of rotatable bonds is 3. The van der Waals surface area contributed by atoms with E-state index >= 15 is 0 Å². The second-order valence-corrected chi connectivity index (χ2v) is 5.56. The minimum Gasteiger partial charge on any atom is -0.366 e. The number of anilines is 1. The fourth-order valence-electron chi connectivity index (χ4n) is 3.47. The molecule has 0 amide bonds. The average Bonchev–Trinajstić information content (AvgIpc) is 2.86. The predicted molar refractivity (Wildman–Crippen MR) is 76.0 cm³/mol. The predicted octanol–water partition coefficient (Wildman–Crippen LogP) is 1.61. The van der Waals surface area contributed by atoms with E-state index in [4.69, 9.17) is 5.73 Å². The highest BCUT2D eigenvalue weighted by Crippen LogP contribution is 2.30. The number of hydrogen-bond acceptors (Lipinski definition) is 3. The number of fused-ring (bicyclic) bond motifs is 1. The van der Waals surface area contributed by atoms with Gasteiger partial charge in [-0.1, -0.05) is 12.1 Å². The van der Waals surface area contributed by atoms with Gasteiger partial charge in [0.2, 0.25) is 0 Å². The molecule has 0 aromatic heterocycles. The second kappa shape index (κ2) is 5.47. The van der Waals surface area contributed by atoms with Gasteiger partial charge < -0.3 is 10.6 Å². The summed E-state index contributed by atoms with van der Waals surface area (Å²) in [6.45, 7) is 4.72. The van der Waals surface area contributed by atoms with Crippen LogP contribution < -0.4 is 10.6 Å². The van der Waals surface area contributed by atoms with E-state index in [1.54, 1.807) is 12.1 Å². The van der Waals surface area contributed by atoms with E-state index in [2.05, 4.69) is 9.80 Å². The van der Waals surface area contributed by atoms with Crippen LogP contribution in [0.3, 0.4) is 0 Å². The normalized spacial score (nSPS) is 23.7. The molecule has 2 fully saturated rings. The number of piperazine rings is 1. The summed E-state index contributed by atoms with van der Waals surface area (Å²) in [7, 11) is 0. The first-order valence-electron chi connectivity index (χ1n) is 7.26. The number of benzene rings is 1. The molecule has 0 spiro atoms. The van der Waals surface area contributed by atoms with E-state index in [0.29, 0.717) is 12.6 Å². The molecule has 1 atom stereocenters. The lowest BCUT2D eigenvalue weighted by atomic mass is 10.1. The van der Waals surface area contributed by atoms with Crippen LogP contribution >= 0.6 is 0 Å². The van der Waals surface area contributed by atoms with Crippen LogP contribution in [0.25, 0.3) is 0 Å². The molecule has 0 radical (unpaired) electrons.